The third-order valence-electron chi connectivity index (χ3n) is 1.20. The molecule has 0 saturated carbocycles. The van der Waals surface area contributed by atoms with Crippen LogP contribution in [0, 0.1) is 5.92 Å². The van der Waals surface area contributed by atoms with Crippen molar-refractivity contribution < 1.29 is 1.41 Å². The molecule has 0 saturated heterocycles. The number of rotatable bonds is 4. The van der Waals surface area contributed by atoms with Gasteiger partial charge in [0.05, 0.1) is 0 Å². The van der Waals surface area contributed by atoms with Crippen molar-refractivity contribution in [1.29, 1.82) is 0 Å². The lowest BCUT2D eigenvalue weighted by atomic mass is 10.1. The van der Waals surface area contributed by atoms with Gasteiger partial charge in [-0.1, -0.05) is 13.8 Å². The first-order valence-electron chi connectivity index (χ1n) is 3.73. The molecule has 0 aromatic heterocycles. The van der Waals surface area contributed by atoms with E-state index in [4.69, 9.17) is 1.41 Å². The van der Waals surface area contributed by atoms with Crippen LogP contribution in [-0.2, 0) is 0 Å². The van der Waals surface area contributed by atoms with Crippen molar-refractivity contribution in [3.05, 3.63) is 0 Å². The molecule has 0 aliphatic heterocycles. The molecule has 0 aromatic rings. The number of hydrogen-bond acceptors (Lipinski definition) is 4. The third-order valence-corrected chi connectivity index (χ3v) is 1.31. The van der Waals surface area contributed by atoms with Crippen LogP contribution in [0.4, 0.5) is 0 Å². The molecule has 3 nitrogen and oxygen atoms in total. The molecule has 3 N–H and O–H groups in total. The number of hydrogen-bond donors (Lipinski definition) is 3. The minimum atomic E-state index is -0.399. The molecule has 4 heteroatoms. The van der Waals surface area contributed by atoms with Gasteiger partial charge < -0.3 is 5.73 Å². The first kappa shape index (κ1) is 7.88. The molecule has 0 fully saturated rings. The highest BCUT2D eigenvalue weighted by molar-refractivity contribution is 7.80. The number of hydrazone groups is 1. The van der Waals surface area contributed by atoms with Gasteiger partial charge in [-0.15, -0.1) is 12.6 Å². The molecule has 1 atom stereocenters. The topological polar surface area (TPSA) is 50.4 Å². The number of nitrogens with one attached hydrogen (secondary N) is 1. The summed E-state index contributed by atoms with van der Waals surface area (Å²) in [4.78, 5) is 0. The fraction of sp³-hybridized carbons (Fsp3) is 0.833. The van der Waals surface area contributed by atoms with Gasteiger partial charge in [-0.05, 0) is 12.8 Å². The summed E-state index contributed by atoms with van der Waals surface area (Å²) in [6, 6.07) is 0. The van der Waals surface area contributed by atoms with Gasteiger partial charge in [0, 0.05) is 5.71 Å². The number of thiol groups is 1. The largest absolute Gasteiger partial charge is 0.302 e. The van der Waals surface area contributed by atoms with Crippen molar-refractivity contribution in [3.8, 4) is 0 Å². The summed E-state index contributed by atoms with van der Waals surface area (Å²) in [6.07, 6.45) is 0. The predicted molar refractivity (Wildman–Crippen MR) is 48.0 cm³/mol. The van der Waals surface area contributed by atoms with Gasteiger partial charge in [0.25, 0.3) is 0 Å². The van der Waals surface area contributed by atoms with Crippen molar-refractivity contribution in [1.82, 2.24) is 5.43 Å². The van der Waals surface area contributed by atoms with E-state index in [9.17, 15) is 0 Å². The standard InChI is InChI=1S/C6H15N3S/c1-4(2)5(3)8-9-6(7)10/h4,6,9-10H,7H2,1-3H3/b8-5+/i/hD. The highest BCUT2D eigenvalue weighted by Crippen LogP contribution is 1.94. The third kappa shape index (κ3) is 4.64. The van der Waals surface area contributed by atoms with Gasteiger partial charge in [0.2, 0.25) is 0 Å². The fourth-order valence-corrected chi connectivity index (χ4v) is 0.350. The molecule has 60 valence electrons. The van der Waals surface area contributed by atoms with Crippen molar-refractivity contribution in [2.75, 3.05) is 0 Å². The predicted octanol–water partition coefficient (Wildman–Crippen LogP) is 0.780. The van der Waals surface area contributed by atoms with Crippen LogP contribution in [-0.4, -0.2) is 11.2 Å². The molecule has 10 heavy (non-hydrogen) atoms. The summed E-state index contributed by atoms with van der Waals surface area (Å²) in [7, 11) is 0. The lowest BCUT2D eigenvalue weighted by Crippen LogP contribution is -2.28. The van der Waals surface area contributed by atoms with Gasteiger partial charge in [0.15, 0.2) is 0 Å². The van der Waals surface area contributed by atoms with Crippen molar-refractivity contribution in [2.24, 2.45) is 16.7 Å². The number of nitrogens with zero attached hydrogens (tertiary/aromatic N) is 1. The zero-order valence-electron chi connectivity index (χ0n) is 7.55. The van der Waals surface area contributed by atoms with E-state index in [1.807, 2.05) is 6.92 Å². The van der Waals surface area contributed by atoms with Crippen LogP contribution >= 0.6 is 12.6 Å². The minimum absolute atomic E-state index is 0.399. The first-order valence-corrected chi connectivity index (χ1v) is 3.74. The zero-order chi connectivity index (χ0) is 8.85. The minimum Gasteiger partial charge on any atom is -0.302 e. The number of nitrogens with two attached hydrogens (primary N) is 1. The average Bonchev–Trinajstić information content (AvgIpc) is 1.99. The summed E-state index contributed by atoms with van der Waals surface area (Å²) < 4.78 is 6.70. The van der Waals surface area contributed by atoms with Crippen LogP contribution in [0.2, 0.25) is 1.41 Å². The maximum atomic E-state index is 6.70. The maximum absolute atomic E-state index is 6.70. The molecule has 0 heterocycles. The second kappa shape index (κ2) is 4.57. The molecular weight excluding hydrogens is 146 g/mol. The summed E-state index contributed by atoms with van der Waals surface area (Å²) in [5.74, 6) is 0.425. The SMILES string of the molecule is [2H]NC(S)N/N=C(\C)C(C)C. The summed E-state index contributed by atoms with van der Waals surface area (Å²) in [5.41, 5.74) is 5.42. The molecule has 0 radical (unpaired) electrons. The van der Waals surface area contributed by atoms with Gasteiger partial charge in [-0.2, -0.15) is 5.10 Å². The van der Waals surface area contributed by atoms with Gasteiger partial charge in [-0.25, -0.2) is 0 Å². The molecule has 0 rings (SSSR count). The normalized spacial score (nSPS) is 16.9. The molecule has 0 aromatic carbocycles. The second-order valence-electron chi connectivity index (χ2n) is 2.44. The summed E-state index contributed by atoms with van der Waals surface area (Å²) in [6.45, 7) is 6.05. The van der Waals surface area contributed by atoms with Crippen LogP contribution in [0.1, 0.15) is 20.8 Å². The molecule has 0 amide bonds. The van der Waals surface area contributed by atoms with Crippen LogP contribution in [0.3, 0.4) is 0 Å². The summed E-state index contributed by atoms with van der Waals surface area (Å²) >= 11 is 3.96. The van der Waals surface area contributed by atoms with Crippen LogP contribution in [0.25, 0.3) is 0 Å². The molecule has 0 spiro atoms. The first-order chi connectivity index (χ1) is 5.07. The van der Waals surface area contributed by atoms with Crippen LogP contribution < -0.4 is 11.2 Å². The quantitative estimate of drug-likeness (QED) is 0.248. The van der Waals surface area contributed by atoms with E-state index in [1.165, 1.54) is 0 Å². The molecule has 0 aliphatic rings. The molecule has 0 aliphatic carbocycles. The Labute approximate surface area is 68.9 Å². The van der Waals surface area contributed by atoms with Gasteiger partial charge >= 0.3 is 0 Å². The van der Waals surface area contributed by atoms with Gasteiger partial charge in [0.1, 0.15) is 6.91 Å². The van der Waals surface area contributed by atoms with E-state index in [2.05, 4.69) is 42.7 Å². The van der Waals surface area contributed by atoms with Crippen molar-refractivity contribution in [3.63, 3.8) is 0 Å². The van der Waals surface area contributed by atoms with Crippen LogP contribution in [0.15, 0.2) is 5.10 Å². The van der Waals surface area contributed by atoms with E-state index in [-0.39, 0.29) is 0 Å². The Morgan fingerprint density at radius 1 is 1.80 bits per heavy atom. The lowest BCUT2D eigenvalue weighted by Gasteiger charge is -2.06. The highest BCUT2D eigenvalue weighted by Gasteiger charge is 1.97. The Morgan fingerprint density at radius 3 is 2.80 bits per heavy atom. The Bertz CT molecular complexity index is 138. The Morgan fingerprint density at radius 2 is 2.40 bits per heavy atom. The molecule has 0 bridgehead atoms. The Hall–Kier alpha value is -0.220. The van der Waals surface area contributed by atoms with E-state index >= 15 is 0 Å². The second-order valence-corrected chi connectivity index (χ2v) is 2.96. The molecule has 1 unspecified atom stereocenters. The zero-order valence-corrected chi connectivity index (χ0v) is 7.44. The Kier molecular flexibility index (Phi) is 3.60. The van der Waals surface area contributed by atoms with Crippen molar-refractivity contribution in [2.45, 2.75) is 26.3 Å². The fourth-order valence-electron chi connectivity index (χ4n) is 0.292. The van der Waals surface area contributed by atoms with E-state index < -0.39 is 5.50 Å². The average molecular weight is 162 g/mol. The lowest BCUT2D eigenvalue weighted by molar-refractivity contribution is 0.701. The highest BCUT2D eigenvalue weighted by atomic mass is 32.1. The maximum Gasteiger partial charge on any atom is 0.136 e. The monoisotopic (exact) mass is 162 g/mol. The smallest absolute Gasteiger partial charge is 0.136 e. The van der Waals surface area contributed by atoms with E-state index in [0.717, 1.165) is 5.71 Å². The van der Waals surface area contributed by atoms with E-state index in [0.29, 0.717) is 5.92 Å². The van der Waals surface area contributed by atoms with Crippen molar-refractivity contribution >= 4 is 18.3 Å². The summed E-state index contributed by atoms with van der Waals surface area (Å²) in [5, 5.41) is 4.00. The Balaban J connectivity index is 3.72. The van der Waals surface area contributed by atoms with E-state index in [1.54, 1.807) is 0 Å². The van der Waals surface area contributed by atoms with Gasteiger partial charge in [-0.3, -0.25) is 5.43 Å². The molecular formula is C6H15N3S. The van der Waals surface area contributed by atoms with Crippen LogP contribution in [0.5, 0.6) is 0 Å².